The number of hydrogen-bond acceptors (Lipinski definition) is 4. The van der Waals surface area contributed by atoms with Gasteiger partial charge in [-0.3, -0.25) is 4.79 Å². The Hall–Kier alpha value is -0.433. The molecule has 0 aliphatic carbocycles. The van der Waals surface area contributed by atoms with Crippen molar-refractivity contribution in [1.29, 1.82) is 0 Å². The number of rotatable bonds is 7. The first-order valence-corrected chi connectivity index (χ1v) is 8.65. The molecule has 17 heavy (non-hydrogen) atoms. The molecule has 0 saturated carbocycles. The third-order valence-corrected chi connectivity index (χ3v) is 6.54. The van der Waals surface area contributed by atoms with Gasteiger partial charge in [-0.2, -0.15) is 0 Å². The lowest BCUT2D eigenvalue weighted by atomic mass is 10.1. The molecular weight excluding hydrogens is 236 g/mol. The van der Waals surface area contributed by atoms with Crippen LogP contribution >= 0.6 is 0 Å². The molecule has 1 heterocycles. The molecule has 1 saturated heterocycles. The number of likely N-dealkylation sites (tertiary alicyclic amines) is 1. The van der Waals surface area contributed by atoms with Crippen LogP contribution in [-0.2, 0) is 13.6 Å². The summed E-state index contributed by atoms with van der Waals surface area (Å²) >= 11 is 0. The van der Waals surface area contributed by atoms with E-state index in [1.54, 1.807) is 14.2 Å². The molecule has 100 valence electrons. The largest absolute Gasteiger partial charge is 0.398 e. The zero-order valence-corrected chi connectivity index (χ0v) is 12.1. The number of nitrogens with two attached hydrogens (primary N) is 1. The maximum Gasteiger partial charge on any atom is 0.334 e. The first kappa shape index (κ1) is 14.6. The van der Waals surface area contributed by atoms with Crippen LogP contribution < -0.4 is 5.73 Å². The Labute approximate surface area is 104 Å². The van der Waals surface area contributed by atoms with Crippen LogP contribution in [-0.4, -0.2) is 53.2 Å². The zero-order chi connectivity index (χ0) is 12.9. The third kappa shape index (κ3) is 4.06. The van der Waals surface area contributed by atoms with Crippen LogP contribution in [0.25, 0.3) is 0 Å². The minimum atomic E-state index is -1.98. The van der Waals surface area contributed by atoms with E-state index in [1.807, 2.05) is 11.4 Å². The standard InChI is InChI=1S/C11H24N2O3Si/c1-15-17(3,16-2)6-4-5-13-9-10(8-12)7-11(13)14/h10H,4-9,12H2,1-3H3. The SMILES string of the molecule is CO[Si](C)(CCCN1CC(CN)CC1=O)OC. The van der Waals surface area contributed by atoms with Gasteiger partial charge in [0, 0.05) is 33.7 Å². The van der Waals surface area contributed by atoms with Crippen molar-refractivity contribution in [2.24, 2.45) is 11.7 Å². The molecule has 0 aromatic rings. The van der Waals surface area contributed by atoms with Gasteiger partial charge in [-0.1, -0.05) is 0 Å². The summed E-state index contributed by atoms with van der Waals surface area (Å²) in [6, 6.07) is 0.914. The average molecular weight is 260 g/mol. The Balaban J connectivity index is 2.30. The second kappa shape index (κ2) is 6.49. The molecule has 1 fully saturated rings. The Morgan fingerprint density at radius 3 is 2.59 bits per heavy atom. The second-order valence-electron chi connectivity index (χ2n) is 4.79. The van der Waals surface area contributed by atoms with E-state index in [0.717, 1.165) is 25.6 Å². The van der Waals surface area contributed by atoms with Crippen LogP contribution in [0.4, 0.5) is 0 Å². The predicted octanol–water partition coefficient (Wildman–Crippen LogP) is 0.549. The third-order valence-electron chi connectivity index (χ3n) is 3.55. The first-order chi connectivity index (χ1) is 8.04. The van der Waals surface area contributed by atoms with Crippen LogP contribution in [0.15, 0.2) is 0 Å². The van der Waals surface area contributed by atoms with Crippen molar-refractivity contribution in [3.63, 3.8) is 0 Å². The van der Waals surface area contributed by atoms with Crippen LogP contribution in [0.3, 0.4) is 0 Å². The zero-order valence-electron chi connectivity index (χ0n) is 11.1. The van der Waals surface area contributed by atoms with Gasteiger partial charge in [0.05, 0.1) is 0 Å². The van der Waals surface area contributed by atoms with E-state index in [4.69, 9.17) is 14.6 Å². The molecule has 5 nitrogen and oxygen atoms in total. The maximum atomic E-state index is 11.7. The van der Waals surface area contributed by atoms with E-state index < -0.39 is 8.56 Å². The highest BCUT2D eigenvalue weighted by atomic mass is 28.4. The van der Waals surface area contributed by atoms with Crippen molar-refractivity contribution in [2.45, 2.75) is 25.4 Å². The maximum absolute atomic E-state index is 11.7. The van der Waals surface area contributed by atoms with Gasteiger partial charge in [0.25, 0.3) is 0 Å². The van der Waals surface area contributed by atoms with Gasteiger partial charge >= 0.3 is 8.56 Å². The summed E-state index contributed by atoms with van der Waals surface area (Å²) < 4.78 is 10.8. The number of carbonyl (C=O) groups is 1. The lowest BCUT2D eigenvalue weighted by Crippen LogP contribution is -2.37. The van der Waals surface area contributed by atoms with E-state index in [1.165, 1.54) is 0 Å². The normalized spacial score (nSPS) is 21.3. The average Bonchev–Trinajstić information content (AvgIpc) is 2.70. The molecule has 2 N–H and O–H groups in total. The summed E-state index contributed by atoms with van der Waals surface area (Å²) in [4.78, 5) is 13.6. The van der Waals surface area contributed by atoms with Crippen LogP contribution in [0.5, 0.6) is 0 Å². The molecular formula is C11H24N2O3Si. The summed E-state index contributed by atoms with van der Waals surface area (Å²) in [5.41, 5.74) is 5.59. The van der Waals surface area contributed by atoms with Gasteiger partial charge in [-0.05, 0) is 31.5 Å². The van der Waals surface area contributed by atoms with E-state index in [2.05, 4.69) is 0 Å². The van der Waals surface area contributed by atoms with E-state index in [0.29, 0.717) is 18.9 Å². The van der Waals surface area contributed by atoms with Gasteiger partial charge in [0.2, 0.25) is 5.91 Å². The fourth-order valence-electron chi connectivity index (χ4n) is 2.11. The Morgan fingerprint density at radius 2 is 2.12 bits per heavy atom. The van der Waals surface area contributed by atoms with E-state index in [9.17, 15) is 4.79 Å². The second-order valence-corrected chi connectivity index (χ2v) is 8.38. The Bertz CT molecular complexity index is 259. The topological polar surface area (TPSA) is 64.8 Å². The molecule has 6 heteroatoms. The molecule has 1 unspecified atom stereocenters. The molecule has 0 bridgehead atoms. The molecule has 0 radical (unpaired) electrons. The molecule has 0 aromatic heterocycles. The van der Waals surface area contributed by atoms with Crippen molar-refractivity contribution in [2.75, 3.05) is 33.9 Å². The summed E-state index contributed by atoms with van der Waals surface area (Å²) in [5.74, 6) is 0.578. The highest BCUT2D eigenvalue weighted by Crippen LogP contribution is 2.19. The summed E-state index contributed by atoms with van der Waals surface area (Å²) in [7, 11) is 1.41. The fraction of sp³-hybridized carbons (Fsp3) is 0.909. The first-order valence-electron chi connectivity index (χ1n) is 6.13. The number of carbonyl (C=O) groups excluding carboxylic acids is 1. The van der Waals surface area contributed by atoms with Crippen molar-refractivity contribution in [3.8, 4) is 0 Å². The highest BCUT2D eigenvalue weighted by Gasteiger charge is 2.31. The molecule has 1 amide bonds. The van der Waals surface area contributed by atoms with Crippen LogP contribution in [0.1, 0.15) is 12.8 Å². The molecule has 1 aliphatic rings. The quantitative estimate of drug-likeness (QED) is 0.679. The summed E-state index contributed by atoms with van der Waals surface area (Å²) in [5, 5.41) is 0. The van der Waals surface area contributed by atoms with Gasteiger partial charge in [-0.15, -0.1) is 0 Å². The summed E-state index contributed by atoms with van der Waals surface area (Å²) in [6.45, 7) is 4.25. The minimum absolute atomic E-state index is 0.235. The minimum Gasteiger partial charge on any atom is -0.398 e. The lowest BCUT2D eigenvalue weighted by Gasteiger charge is -2.24. The predicted molar refractivity (Wildman–Crippen MR) is 68.8 cm³/mol. The fourth-order valence-corrected chi connectivity index (χ4v) is 3.48. The number of amides is 1. The Kier molecular flexibility index (Phi) is 5.58. The monoisotopic (exact) mass is 260 g/mol. The van der Waals surface area contributed by atoms with E-state index in [-0.39, 0.29) is 5.91 Å². The van der Waals surface area contributed by atoms with Gasteiger partial charge in [-0.25, -0.2) is 0 Å². The van der Waals surface area contributed by atoms with Crippen LogP contribution in [0, 0.1) is 5.92 Å². The molecule has 1 atom stereocenters. The molecule has 1 aliphatic heterocycles. The molecule has 1 rings (SSSR count). The van der Waals surface area contributed by atoms with Crippen LogP contribution in [0.2, 0.25) is 12.6 Å². The van der Waals surface area contributed by atoms with Crippen molar-refractivity contribution >= 4 is 14.5 Å². The van der Waals surface area contributed by atoms with Crippen molar-refractivity contribution in [1.82, 2.24) is 4.90 Å². The number of nitrogens with zero attached hydrogens (tertiary/aromatic N) is 1. The smallest absolute Gasteiger partial charge is 0.334 e. The van der Waals surface area contributed by atoms with Crippen molar-refractivity contribution < 1.29 is 13.6 Å². The van der Waals surface area contributed by atoms with Crippen molar-refractivity contribution in [3.05, 3.63) is 0 Å². The van der Waals surface area contributed by atoms with E-state index >= 15 is 0 Å². The highest BCUT2D eigenvalue weighted by molar-refractivity contribution is 6.65. The molecule has 0 spiro atoms. The number of hydrogen-bond donors (Lipinski definition) is 1. The van der Waals surface area contributed by atoms with Gasteiger partial charge in [0.1, 0.15) is 0 Å². The summed E-state index contributed by atoms with van der Waals surface area (Å²) in [6.07, 6.45) is 1.55. The van der Waals surface area contributed by atoms with Gasteiger partial charge in [0.15, 0.2) is 0 Å². The van der Waals surface area contributed by atoms with Gasteiger partial charge < -0.3 is 19.5 Å². The lowest BCUT2D eigenvalue weighted by molar-refractivity contribution is -0.127. The molecule has 0 aromatic carbocycles. The Morgan fingerprint density at radius 1 is 1.47 bits per heavy atom.